The highest BCUT2D eigenvalue weighted by Crippen LogP contribution is 2.33. The van der Waals surface area contributed by atoms with Crippen LogP contribution in [0.25, 0.3) is 0 Å². The van der Waals surface area contributed by atoms with Gasteiger partial charge in [-0.15, -0.1) is 11.3 Å². The fourth-order valence-electron chi connectivity index (χ4n) is 2.50. The Balaban J connectivity index is 1.78. The van der Waals surface area contributed by atoms with Gasteiger partial charge in [-0.25, -0.2) is 9.78 Å². The van der Waals surface area contributed by atoms with E-state index in [1.54, 1.807) is 0 Å². The second-order valence-corrected chi connectivity index (χ2v) is 7.20. The summed E-state index contributed by atoms with van der Waals surface area (Å²) in [6.07, 6.45) is 3.66. The number of hydrogen-bond donors (Lipinski definition) is 2. The maximum absolute atomic E-state index is 11.7. The Morgan fingerprint density at radius 2 is 2.05 bits per heavy atom. The lowest BCUT2D eigenvalue weighted by Crippen LogP contribution is -2.40. The molecular weight excluding hydrogens is 274 g/mol. The number of ether oxygens (including phenoxy) is 1. The number of nitrogens with zero attached hydrogens (tertiary/aromatic N) is 1. The minimum Gasteiger partial charge on any atom is -0.444 e. The highest BCUT2D eigenvalue weighted by Gasteiger charge is 2.26. The molecule has 112 valence electrons. The van der Waals surface area contributed by atoms with E-state index in [4.69, 9.17) is 10.5 Å². The van der Waals surface area contributed by atoms with Crippen LogP contribution in [0.15, 0.2) is 5.38 Å². The van der Waals surface area contributed by atoms with Crippen molar-refractivity contribution in [3.8, 4) is 0 Å². The van der Waals surface area contributed by atoms with E-state index in [2.05, 4.69) is 10.3 Å². The van der Waals surface area contributed by atoms with Gasteiger partial charge in [-0.2, -0.15) is 0 Å². The van der Waals surface area contributed by atoms with E-state index >= 15 is 0 Å². The normalized spacial score (nSPS) is 23.4. The molecule has 0 aliphatic heterocycles. The van der Waals surface area contributed by atoms with Gasteiger partial charge in [-0.3, -0.25) is 0 Å². The van der Waals surface area contributed by atoms with Gasteiger partial charge in [0, 0.05) is 17.3 Å². The minimum atomic E-state index is -0.445. The Morgan fingerprint density at radius 1 is 1.40 bits per heavy atom. The Bertz CT molecular complexity index is 459. The lowest BCUT2D eigenvalue weighted by Gasteiger charge is -2.29. The van der Waals surface area contributed by atoms with Crippen molar-refractivity contribution < 1.29 is 9.53 Å². The van der Waals surface area contributed by atoms with Crippen LogP contribution in [0.1, 0.15) is 58.1 Å². The van der Waals surface area contributed by atoms with Gasteiger partial charge in [-0.05, 0) is 46.5 Å². The third-order valence-corrected chi connectivity index (χ3v) is 4.10. The van der Waals surface area contributed by atoms with Crippen LogP contribution in [0.2, 0.25) is 0 Å². The van der Waals surface area contributed by atoms with E-state index in [1.807, 2.05) is 26.2 Å². The summed E-state index contributed by atoms with van der Waals surface area (Å²) in [6, 6.07) is 0.206. The monoisotopic (exact) mass is 297 g/mol. The molecule has 2 rings (SSSR count). The van der Waals surface area contributed by atoms with Crippen molar-refractivity contribution >= 4 is 22.6 Å². The van der Waals surface area contributed by atoms with Crippen molar-refractivity contribution in [2.24, 2.45) is 0 Å². The molecule has 3 N–H and O–H groups in total. The summed E-state index contributed by atoms with van der Waals surface area (Å²) in [6.45, 7) is 5.61. The average molecular weight is 297 g/mol. The first-order chi connectivity index (χ1) is 9.33. The van der Waals surface area contributed by atoms with Crippen LogP contribution in [-0.2, 0) is 4.74 Å². The molecule has 1 saturated carbocycles. The number of hydrogen-bond acceptors (Lipinski definition) is 5. The topological polar surface area (TPSA) is 77.2 Å². The second-order valence-electron chi connectivity index (χ2n) is 6.31. The van der Waals surface area contributed by atoms with Crippen LogP contribution >= 0.6 is 11.3 Å². The molecule has 0 saturated heterocycles. The van der Waals surface area contributed by atoms with Crippen LogP contribution in [0.3, 0.4) is 0 Å². The van der Waals surface area contributed by atoms with Crippen molar-refractivity contribution in [2.45, 2.75) is 64.0 Å². The van der Waals surface area contributed by atoms with Gasteiger partial charge in [0.1, 0.15) is 5.60 Å². The smallest absolute Gasteiger partial charge is 0.407 e. The summed E-state index contributed by atoms with van der Waals surface area (Å²) in [5.41, 5.74) is 6.33. The molecule has 0 spiro atoms. The van der Waals surface area contributed by atoms with Crippen LogP contribution in [0.5, 0.6) is 0 Å². The van der Waals surface area contributed by atoms with Gasteiger partial charge in [0.2, 0.25) is 0 Å². The third-order valence-electron chi connectivity index (χ3n) is 3.41. The van der Waals surface area contributed by atoms with Gasteiger partial charge >= 0.3 is 6.09 Å². The highest BCUT2D eigenvalue weighted by atomic mass is 32.1. The fraction of sp³-hybridized carbons (Fsp3) is 0.714. The van der Waals surface area contributed by atoms with E-state index in [-0.39, 0.29) is 12.1 Å². The molecule has 1 aromatic heterocycles. The van der Waals surface area contributed by atoms with Gasteiger partial charge in [0.25, 0.3) is 0 Å². The first-order valence-electron chi connectivity index (χ1n) is 7.04. The number of carbonyl (C=O) groups excluding carboxylic acids is 1. The number of amides is 1. The Morgan fingerprint density at radius 3 is 2.55 bits per heavy atom. The van der Waals surface area contributed by atoms with E-state index in [0.29, 0.717) is 11.0 Å². The van der Waals surface area contributed by atoms with Crippen LogP contribution in [-0.4, -0.2) is 22.7 Å². The summed E-state index contributed by atoms with van der Waals surface area (Å²) >= 11 is 1.49. The van der Waals surface area contributed by atoms with Crippen molar-refractivity contribution in [2.75, 3.05) is 5.73 Å². The Hall–Kier alpha value is -1.30. The lowest BCUT2D eigenvalue weighted by atomic mass is 9.84. The van der Waals surface area contributed by atoms with Gasteiger partial charge in [0.05, 0.1) is 5.69 Å². The summed E-state index contributed by atoms with van der Waals surface area (Å²) in [7, 11) is 0. The van der Waals surface area contributed by atoms with Crippen molar-refractivity contribution in [1.29, 1.82) is 0 Å². The molecule has 0 unspecified atom stereocenters. The van der Waals surface area contributed by atoms with E-state index < -0.39 is 5.60 Å². The van der Waals surface area contributed by atoms with E-state index in [9.17, 15) is 4.79 Å². The molecule has 0 aromatic carbocycles. The number of aromatic nitrogens is 1. The molecule has 0 atom stereocenters. The van der Waals surface area contributed by atoms with Crippen LogP contribution in [0, 0.1) is 0 Å². The number of nitrogens with two attached hydrogens (primary N) is 1. The maximum atomic E-state index is 11.7. The van der Waals surface area contributed by atoms with Crippen LogP contribution < -0.4 is 11.1 Å². The zero-order valence-electron chi connectivity index (χ0n) is 12.3. The second kappa shape index (κ2) is 5.99. The first kappa shape index (κ1) is 15.1. The third kappa shape index (κ3) is 4.37. The Kier molecular flexibility index (Phi) is 4.52. The van der Waals surface area contributed by atoms with Crippen molar-refractivity contribution in [3.05, 3.63) is 11.1 Å². The van der Waals surface area contributed by atoms with Gasteiger partial charge in [0.15, 0.2) is 5.13 Å². The number of anilines is 1. The molecule has 1 aliphatic carbocycles. The zero-order valence-corrected chi connectivity index (χ0v) is 13.1. The number of rotatable bonds is 2. The number of nitrogen functional groups attached to an aromatic ring is 1. The number of alkyl carbamates (subject to hydrolysis) is 1. The fourth-order valence-corrected chi connectivity index (χ4v) is 3.14. The minimum absolute atomic E-state index is 0.206. The van der Waals surface area contributed by atoms with E-state index in [0.717, 1.165) is 31.4 Å². The molecule has 1 aromatic rings. The summed E-state index contributed by atoms with van der Waals surface area (Å²) in [5.74, 6) is 0.472. The molecular formula is C14H23N3O2S. The quantitative estimate of drug-likeness (QED) is 0.878. The van der Waals surface area contributed by atoms with E-state index in [1.165, 1.54) is 11.3 Å². The highest BCUT2D eigenvalue weighted by molar-refractivity contribution is 7.13. The van der Waals surface area contributed by atoms with Crippen molar-refractivity contribution in [3.63, 3.8) is 0 Å². The molecule has 5 nitrogen and oxygen atoms in total. The number of nitrogens with one attached hydrogen (secondary N) is 1. The molecule has 20 heavy (non-hydrogen) atoms. The first-order valence-corrected chi connectivity index (χ1v) is 7.92. The average Bonchev–Trinajstić information content (AvgIpc) is 2.74. The molecule has 0 radical (unpaired) electrons. The van der Waals surface area contributed by atoms with Crippen LogP contribution in [0.4, 0.5) is 9.93 Å². The summed E-state index contributed by atoms with van der Waals surface area (Å²) < 4.78 is 5.28. The zero-order chi connectivity index (χ0) is 14.8. The predicted octanol–water partition coefficient (Wildman–Crippen LogP) is 3.28. The molecule has 1 heterocycles. The standard InChI is InChI=1S/C14H23N3O2S/c1-14(2,3)19-13(18)16-10-6-4-9(5-7-10)11-8-20-12(15)17-11/h8-10H,4-7H2,1-3H3,(H2,15,17)(H,16,18). The molecule has 0 bridgehead atoms. The summed E-state index contributed by atoms with van der Waals surface area (Å²) in [5, 5.41) is 5.63. The number of thiazole rings is 1. The lowest BCUT2D eigenvalue weighted by molar-refractivity contribution is 0.0491. The Labute approximate surface area is 123 Å². The summed E-state index contributed by atoms with van der Waals surface area (Å²) in [4.78, 5) is 16.1. The van der Waals surface area contributed by atoms with Crippen molar-refractivity contribution in [1.82, 2.24) is 10.3 Å². The van der Waals surface area contributed by atoms with Gasteiger partial charge < -0.3 is 15.8 Å². The molecule has 6 heteroatoms. The molecule has 1 fully saturated rings. The van der Waals surface area contributed by atoms with Gasteiger partial charge in [-0.1, -0.05) is 0 Å². The molecule has 1 amide bonds. The maximum Gasteiger partial charge on any atom is 0.407 e. The number of carbonyl (C=O) groups is 1. The molecule has 1 aliphatic rings. The SMILES string of the molecule is CC(C)(C)OC(=O)NC1CCC(c2csc(N)n2)CC1. The largest absolute Gasteiger partial charge is 0.444 e. The predicted molar refractivity (Wildman–Crippen MR) is 80.9 cm³/mol.